The predicted octanol–water partition coefficient (Wildman–Crippen LogP) is 4.30. The van der Waals surface area contributed by atoms with Crippen LogP contribution in [0.25, 0.3) is 0 Å². The van der Waals surface area contributed by atoms with Crippen molar-refractivity contribution in [1.29, 1.82) is 0 Å². The Morgan fingerprint density at radius 2 is 1.60 bits per heavy atom. The lowest BCUT2D eigenvalue weighted by Crippen LogP contribution is -2.34. The first-order chi connectivity index (χ1) is 9.36. The molecular formula is C18H30N2. The molecule has 3 N–H and O–H groups in total. The fourth-order valence-electron chi connectivity index (χ4n) is 3.09. The van der Waals surface area contributed by atoms with Crippen molar-refractivity contribution >= 4 is 5.69 Å². The van der Waals surface area contributed by atoms with E-state index in [1.54, 1.807) is 0 Å². The number of rotatable bonds is 3. The first-order valence-corrected chi connectivity index (χ1v) is 7.99. The highest BCUT2D eigenvalue weighted by molar-refractivity contribution is 5.46. The van der Waals surface area contributed by atoms with Gasteiger partial charge in [0.15, 0.2) is 0 Å². The van der Waals surface area contributed by atoms with Gasteiger partial charge in [0.05, 0.1) is 0 Å². The Hall–Kier alpha value is -1.02. The summed E-state index contributed by atoms with van der Waals surface area (Å²) in [5.74, 6) is 0.761. The SMILES string of the molecule is C[C@H](Nc1ccc(C(C)(C)C)cc1)C1CCC(N)CC1. The van der Waals surface area contributed by atoms with Crippen LogP contribution in [0.3, 0.4) is 0 Å². The van der Waals surface area contributed by atoms with Crippen LogP contribution in [-0.4, -0.2) is 12.1 Å². The molecule has 1 saturated carbocycles. The first kappa shape index (κ1) is 15.4. The molecule has 0 spiro atoms. The van der Waals surface area contributed by atoms with Gasteiger partial charge in [-0.05, 0) is 61.6 Å². The van der Waals surface area contributed by atoms with Gasteiger partial charge in [0, 0.05) is 17.8 Å². The minimum atomic E-state index is 0.226. The fourth-order valence-corrected chi connectivity index (χ4v) is 3.09. The van der Waals surface area contributed by atoms with Gasteiger partial charge in [0.2, 0.25) is 0 Å². The summed E-state index contributed by atoms with van der Waals surface area (Å²) >= 11 is 0. The molecule has 2 heteroatoms. The zero-order valence-corrected chi connectivity index (χ0v) is 13.4. The molecule has 0 unspecified atom stereocenters. The van der Waals surface area contributed by atoms with Crippen molar-refractivity contribution in [3.05, 3.63) is 29.8 Å². The van der Waals surface area contributed by atoms with Gasteiger partial charge in [0.1, 0.15) is 0 Å². The number of hydrogen-bond acceptors (Lipinski definition) is 2. The summed E-state index contributed by atoms with van der Waals surface area (Å²) in [5, 5.41) is 3.66. The molecule has 2 rings (SSSR count). The lowest BCUT2D eigenvalue weighted by Gasteiger charge is -2.31. The molecule has 0 heterocycles. The Labute approximate surface area is 124 Å². The maximum Gasteiger partial charge on any atom is 0.0342 e. The maximum atomic E-state index is 5.99. The van der Waals surface area contributed by atoms with Gasteiger partial charge < -0.3 is 11.1 Å². The summed E-state index contributed by atoms with van der Waals surface area (Å²) in [6.07, 6.45) is 4.88. The van der Waals surface area contributed by atoms with E-state index in [2.05, 4.69) is 57.3 Å². The van der Waals surface area contributed by atoms with Gasteiger partial charge in [-0.25, -0.2) is 0 Å². The van der Waals surface area contributed by atoms with Crippen LogP contribution in [0.15, 0.2) is 24.3 Å². The lowest BCUT2D eigenvalue weighted by atomic mass is 9.82. The Balaban J connectivity index is 1.93. The van der Waals surface area contributed by atoms with E-state index in [4.69, 9.17) is 5.73 Å². The van der Waals surface area contributed by atoms with Crippen molar-refractivity contribution in [2.45, 2.75) is 70.9 Å². The van der Waals surface area contributed by atoms with Crippen LogP contribution in [0.5, 0.6) is 0 Å². The van der Waals surface area contributed by atoms with Crippen LogP contribution in [0.1, 0.15) is 58.9 Å². The molecule has 1 aromatic rings. The number of nitrogens with one attached hydrogen (secondary N) is 1. The zero-order valence-electron chi connectivity index (χ0n) is 13.4. The van der Waals surface area contributed by atoms with Crippen LogP contribution >= 0.6 is 0 Å². The molecule has 0 amide bonds. The van der Waals surface area contributed by atoms with Crippen molar-refractivity contribution in [2.75, 3.05) is 5.32 Å². The molecule has 0 saturated heterocycles. The topological polar surface area (TPSA) is 38.0 Å². The minimum absolute atomic E-state index is 0.226. The quantitative estimate of drug-likeness (QED) is 0.862. The molecule has 0 bridgehead atoms. The second-order valence-electron chi connectivity index (χ2n) is 7.44. The molecule has 0 radical (unpaired) electrons. The average molecular weight is 274 g/mol. The van der Waals surface area contributed by atoms with Gasteiger partial charge in [-0.3, -0.25) is 0 Å². The predicted molar refractivity (Wildman–Crippen MR) is 88.2 cm³/mol. The standard InChI is InChI=1S/C18H30N2/c1-13(14-5-9-16(19)10-6-14)20-17-11-7-15(8-12-17)18(2,3)4/h7-8,11-14,16,20H,5-6,9-10,19H2,1-4H3/t13-,14?,16?/m0/s1. The molecule has 1 fully saturated rings. The van der Waals surface area contributed by atoms with Crippen molar-refractivity contribution in [3.63, 3.8) is 0 Å². The highest BCUT2D eigenvalue weighted by Crippen LogP contribution is 2.28. The second kappa shape index (κ2) is 6.17. The summed E-state index contributed by atoms with van der Waals surface area (Å²) in [6, 6.07) is 9.88. The highest BCUT2D eigenvalue weighted by atomic mass is 14.9. The van der Waals surface area contributed by atoms with E-state index in [1.165, 1.54) is 36.9 Å². The second-order valence-corrected chi connectivity index (χ2v) is 7.44. The van der Waals surface area contributed by atoms with Crippen LogP contribution in [0.2, 0.25) is 0 Å². The molecule has 0 aromatic heterocycles. The average Bonchev–Trinajstić information content (AvgIpc) is 2.39. The smallest absolute Gasteiger partial charge is 0.0342 e. The highest BCUT2D eigenvalue weighted by Gasteiger charge is 2.23. The van der Waals surface area contributed by atoms with Gasteiger partial charge in [-0.15, -0.1) is 0 Å². The molecule has 1 aliphatic carbocycles. The third-order valence-corrected chi connectivity index (χ3v) is 4.67. The van der Waals surface area contributed by atoms with E-state index < -0.39 is 0 Å². The Bertz CT molecular complexity index is 408. The van der Waals surface area contributed by atoms with E-state index >= 15 is 0 Å². The summed E-state index contributed by atoms with van der Waals surface area (Å²) in [7, 11) is 0. The van der Waals surface area contributed by atoms with Gasteiger partial charge in [0.25, 0.3) is 0 Å². The third-order valence-electron chi connectivity index (χ3n) is 4.67. The number of nitrogens with two attached hydrogens (primary N) is 1. The van der Waals surface area contributed by atoms with Crippen molar-refractivity contribution in [1.82, 2.24) is 0 Å². The summed E-state index contributed by atoms with van der Waals surface area (Å²) in [4.78, 5) is 0. The Kier molecular flexibility index (Phi) is 4.74. The van der Waals surface area contributed by atoms with Gasteiger partial charge in [-0.1, -0.05) is 32.9 Å². The molecule has 1 aliphatic rings. The molecule has 112 valence electrons. The number of benzene rings is 1. The van der Waals surface area contributed by atoms with Gasteiger partial charge in [-0.2, -0.15) is 0 Å². The van der Waals surface area contributed by atoms with Crippen LogP contribution in [0, 0.1) is 5.92 Å². The van der Waals surface area contributed by atoms with Crippen molar-refractivity contribution in [2.24, 2.45) is 11.7 Å². The molecule has 0 aliphatic heterocycles. The summed E-state index contributed by atoms with van der Waals surface area (Å²) in [6.45, 7) is 9.06. The van der Waals surface area contributed by atoms with Crippen LogP contribution < -0.4 is 11.1 Å². The van der Waals surface area contributed by atoms with E-state index in [0.717, 1.165) is 5.92 Å². The molecule has 2 nitrogen and oxygen atoms in total. The summed E-state index contributed by atoms with van der Waals surface area (Å²) in [5.41, 5.74) is 8.84. The monoisotopic (exact) mass is 274 g/mol. The van der Waals surface area contributed by atoms with Crippen LogP contribution in [-0.2, 0) is 5.41 Å². The first-order valence-electron chi connectivity index (χ1n) is 7.99. The van der Waals surface area contributed by atoms with Gasteiger partial charge >= 0.3 is 0 Å². The Morgan fingerprint density at radius 3 is 2.10 bits per heavy atom. The zero-order chi connectivity index (χ0) is 14.8. The maximum absolute atomic E-state index is 5.99. The third kappa shape index (κ3) is 3.99. The molecule has 1 atom stereocenters. The molecule has 1 aromatic carbocycles. The van der Waals surface area contributed by atoms with E-state index in [9.17, 15) is 0 Å². The van der Waals surface area contributed by atoms with Crippen molar-refractivity contribution in [3.8, 4) is 0 Å². The largest absolute Gasteiger partial charge is 0.382 e. The normalized spacial score (nSPS) is 25.2. The number of hydrogen-bond donors (Lipinski definition) is 2. The summed E-state index contributed by atoms with van der Waals surface area (Å²) < 4.78 is 0. The van der Waals surface area contributed by atoms with E-state index in [-0.39, 0.29) is 5.41 Å². The lowest BCUT2D eigenvalue weighted by molar-refractivity contribution is 0.302. The fraction of sp³-hybridized carbons (Fsp3) is 0.667. The molecular weight excluding hydrogens is 244 g/mol. The Morgan fingerprint density at radius 1 is 1.05 bits per heavy atom. The molecule has 20 heavy (non-hydrogen) atoms. The van der Waals surface area contributed by atoms with Crippen LogP contribution in [0.4, 0.5) is 5.69 Å². The number of anilines is 1. The van der Waals surface area contributed by atoms with E-state index in [0.29, 0.717) is 12.1 Å². The minimum Gasteiger partial charge on any atom is -0.382 e. The van der Waals surface area contributed by atoms with Crippen molar-refractivity contribution < 1.29 is 0 Å². The van der Waals surface area contributed by atoms with E-state index in [1.807, 2.05) is 0 Å².